The average molecular weight is 216 g/mol. The number of unbranched alkanes of at least 4 members (excludes halogenated alkanes) is 1. The average Bonchev–Trinajstić information content (AvgIpc) is 2.72. The lowest BCUT2D eigenvalue weighted by molar-refractivity contribution is -0.174. The van der Waals surface area contributed by atoms with Crippen LogP contribution in [-0.2, 0) is 19.0 Å². The van der Waals surface area contributed by atoms with Crippen molar-refractivity contribution in [2.75, 3.05) is 20.3 Å². The van der Waals surface area contributed by atoms with Crippen LogP contribution in [0.15, 0.2) is 0 Å². The van der Waals surface area contributed by atoms with E-state index in [2.05, 4.69) is 11.7 Å². The Bertz CT molecular complexity index is 197. The molecule has 1 fully saturated rings. The van der Waals surface area contributed by atoms with Gasteiger partial charge in [0.15, 0.2) is 5.79 Å². The maximum absolute atomic E-state index is 11.1. The number of ether oxygens (including phenoxy) is 3. The maximum atomic E-state index is 11.1. The summed E-state index contributed by atoms with van der Waals surface area (Å²) < 4.78 is 15.8. The van der Waals surface area contributed by atoms with Crippen molar-refractivity contribution in [3.63, 3.8) is 0 Å². The molecule has 1 rings (SSSR count). The minimum Gasteiger partial charge on any atom is -0.469 e. The van der Waals surface area contributed by atoms with Crippen LogP contribution < -0.4 is 0 Å². The zero-order chi connectivity index (χ0) is 11.1. The molecule has 0 amide bonds. The van der Waals surface area contributed by atoms with E-state index in [0.717, 1.165) is 19.3 Å². The molecule has 4 heteroatoms. The first-order valence-corrected chi connectivity index (χ1v) is 5.57. The Hall–Kier alpha value is -0.610. The standard InChI is InChI=1S/C11H20O4/c1-3-4-6-11(14-8-9-15-11)7-5-10(12)13-2/h3-9H2,1-2H3. The number of rotatable bonds is 6. The van der Waals surface area contributed by atoms with Crippen molar-refractivity contribution >= 4 is 5.97 Å². The van der Waals surface area contributed by atoms with Crippen LogP contribution in [0.3, 0.4) is 0 Å². The Kier molecular flexibility index (Phi) is 5.05. The molecule has 15 heavy (non-hydrogen) atoms. The smallest absolute Gasteiger partial charge is 0.305 e. The molecule has 4 nitrogen and oxygen atoms in total. The van der Waals surface area contributed by atoms with Gasteiger partial charge in [0.05, 0.1) is 26.7 Å². The highest BCUT2D eigenvalue weighted by Crippen LogP contribution is 2.30. The van der Waals surface area contributed by atoms with Gasteiger partial charge in [-0.3, -0.25) is 4.79 Å². The maximum Gasteiger partial charge on any atom is 0.305 e. The predicted octanol–water partition coefficient (Wildman–Crippen LogP) is 1.87. The van der Waals surface area contributed by atoms with Gasteiger partial charge in [0.25, 0.3) is 0 Å². The van der Waals surface area contributed by atoms with Gasteiger partial charge in [-0.15, -0.1) is 0 Å². The van der Waals surface area contributed by atoms with Crippen LogP contribution >= 0.6 is 0 Å². The normalized spacial score (nSPS) is 19.1. The molecule has 0 radical (unpaired) electrons. The second-order valence-electron chi connectivity index (χ2n) is 3.79. The van der Waals surface area contributed by atoms with Crippen molar-refractivity contribution < 1.29 is 19.0 Å². The van der Waals surface area contributed by atoms with E-state index in [1.54, 1.807) is 0 Å². The zero-order valence-electron chi connectivity index (χ0n) is 9.58. The molecule has 0 aliphatic carbocycles. The van der Waals surface area contributed by atoms with Gasteiger partial charge in [-0.05, 0) is 6.42 Å². The summed E-state index contributed by atoms with van der Waals surface area (Å²) in [4.78, 5) is 11.1. The monoisotopic (exact) mass is 216 g/mol. The van der Waals surface area contributed by atoms with Crippen LogP contribution in [-0.4, -0.2) is 32.1 Å². The molecule has 0 bridgehead atoms. The number of carbonyl (C=O) groups is 1. The van der Waals surface area contributed by atoms with Crippen LogP contribution in [0.5, 0.6) is 0 Å². The van der Waals surface area contributed by atoms with E-state index in [1.807, 2.05) is 0 Å². The van der Waals surface area contributed by atoms with Gasteiger partial charge in [-0.2, -0.15) is 0 Å². The lowest BCUT2D eigenvalue weighted by atomic mass is 10.0. The molecule has 0 N–H and O–H groups in total. The van der Waals surface area contributed by atoms with Crippen LogP contribution in [0.1, 0.15) is 39.0 Å². The number of carbonyl (C=O) groups excluding carboxylic acids is 1. The summed E-state index contributed by atoms with van der Waals surface area (Å²) in [6.45, 7) is 3.39. The van der Waals surface area contributed by atoms with E-state index in [4.69, 9.17) is 9.47 Å². The highest BCUT2D eigenvalue weighted by atomic mass is 16.7. The van der Waals surface area contributed by atoms with Crippen molar-refractivity contribution in [1.29, 1.82) is 0 Å². The fraction of sp³-hybridized carbons (Fsp3) is 0.909. The summed E-state index contributed by atoms with van der Waals surface area (Å²) >= 11 is 0. The second kappa shape index (κ2) is 6.08. The van der Waals surface area contributed by atoms with Crippen molar-refractivity contribution in [1.82, 2.24) is 0 Å². The van der Waals surface area contributed by atoms with Crippen LogP contribution in [0.25, 0.3) is 0 Å². The first-order valence-electron chi connectivity index (χ1n) is 5.57. The van der Waals surface area contributed by atoms with E-state index in [9.17, 15) is 4.79 Å². The molecule has 1 heterocycles. The minimum atomic E-state index is -0.524. The largest absolute Gasteiger partial charge is 0.469 e. The lowest BCUT2D eigenvalue weighted by Gasteiger charge is -2.26. The van der Waals surface area contributed by atoms with E-state index in [1.165, 1.54) is 7.11 Å². The molecule has 0 aromatic carbocycles. The summed E-state index contributed by atoms with van der Waals surface area (Å²) in [6, 6.07) is 0. The number of hydrogen-bond acceptors (Lipinski definition) is 4. The molecule has 0 spiro atoms. The molecule has 0 atom stereocenters. The molecule has 88 valence electrons. The fourth-order valence-corrected chi connectivity index (χ4v) is 1.75. The van der Waals surface area contributed by atoms with Gasteiger partial charge in [0.2, 0.25) is 0 Å². The Morgan fingerprint density at radius 1 is 1.33 bits per heavy atom. The van der Waals surface area contributed by atoms with E-state index in [0.29, 0.717) is 26.1 Å². The van der Waals surface area contributed by atoms with Crippen molar-refractivity contribution in [2.24, 2.45) is 0 Å². The van der Waals surface area contributed by atoms with Gasteiger partial charge in [-0.25, -0.2) is 0 Å². The second-order valence-corrected chi connectivity index (χ2v) is 3.79. The quantitative estimate of drug-likeness (QED) is 0.636. The molecule has 0 aromatic rings. The third-order valence-electron chi connectivity index (χ3n) is 2.66. The third-order valence-corrected chi connectivity index (χ3v) is 2.66. The summed E-state index contributed by atoms with van der Waals surface area (Å²) in [5.74, 6) is -0.727. The fourth-order valence-electron chi connectivity index (χ4n) is 1.75. The van der Waals surface area contributed by atoms with Crippen LogP contribution in [0, 0.1) is 0 Å². The number of esters is 1. The molecule has 0 aromatic heterocycles. The first kappa shape index (κ1) is 12.5. The topological polar surface area (TPSA) is 44.8 Å². The Morgan fingerprint density at radius 3 is 2.53 bits per heavy atom. The van der Waals surface area contributed by atoms with E-state index >= 15 is 0 Å². The Labute approximate surface area is 90.9 Å². The summed E-state index contributed by atoms with van der Waals surface area (Å²) in [7, 11) is 1.40. The summed E-state index contributed by atoms with van der Waals surface area (Å²) in [5, 5.41) is 0. The van der Waals surface area contributed by atoms with Gasteiger partial charge in [0, 0.05) is 12.8 Å². The SMILES string of the molecule is CCCCC1(CCC(=O)OC)OCCO1. The van der Waals surface area contributed by atoms with Gasteiger partial charge in [-0.1, -0.05) is 13.3 Å². The minimum absolute atomic E-state index is 0.204. The van der Waals surface area contributed by atoms with Crippen LogP contribution in [0.4, 0.5) is 0 Å². The molecular weight excluding hydrogens is 196 g/mol. The number of methoxy groups -OCH3 is 1. The highest BCUT2D eigenvalue weighted by molar-refractivity contribution is 5.69. The summed E-state index contributed by atoms with van der Waals surface area (Å²) in [5.41, 5.74) is 0. The third kappa shape index (κ3) is 3.80. The first-order chi connectivity index (χ1) is 7.22. The summed E-state index contributed by atoms with van der Waals surface area (Å²) in [6.07, 6.45) is 3.98. The predicted molar refractivity (Wildman–Crippen MR) is 55.4 cm³/mol. The molecular formula is C11H20O4. The lowest BCUT2D eigenvalue weighted by Crippen LogP contribution is -2.31. The Balaban J connectivity index is 2.38. The van der Waals surface area contributed by atoms with E-state index < -0.39 is 5.79 Å². The van der Waals surface area contributed by atoms with Gasteiger partial charge >= 0.3 is 5.97 Å². The number of hydrogen-bond donors (Lipinski definition) is 0. The molecule has 1 saturated heterocycles. The molecule has 1 aliphatic heterocycles. The highest BCUT2D eigenvalue weighted by Gasteiger charge is 2.36. The van der Waals surface area contributed by atoms with Crippen molar-refractivity contribution in [3.05, 3.63) is 0 Å². The van der Waals surface area contributed by atoms with Crippen molar-refractivity contribution in [3.8, 4) is 0 Å². The van der Waals surface area contributed by atoms with Gasteiger partial charge < -0.3 is 14.2 Å². The molecule has 0 saturated carbocycles. The van der Waals surface area contributed by atoms with Crippen LogP contribution in [0.2, 0.25) is 0 Å². The van der Waals surface area contributed by atoms with Crippen molar-refractivity contribution in [2.45, 2.75) is 44.8 Å². The van der Waals surface area contributed by atoms with E-state index in [-0.39, 0.29) is 5.97 Å². The Morgan fingerprint density at radius 2 is 2.00 bits per heavy atom. The molecule has 0 unspecified atom stereocenters. The van der Waals surface area contributed by atoms with Gasteiger partial charge in [0.1, 0.15) is 0 Å². The zero-order valence-corrected chi connectivity index (χ0v) is 9.58. The molecule has 1 aliphatic rings.